The number of nitrogens with one attached hydrogen (secondary N) is 1. The van der Waals surface area contributed by atoms with Gasteiger partial charge < -0.3 is 19.2 Å². The molecule has 4 rings (SSSR count). The molecule has 0 aliphatic heterocycles. The maximum absolute atomic E-state index is 6.50. The third-order valence-corrected chi connectivity index (χ3v) is 5.34. The van der Waals surface area contributed by atoms with Gasteiger partial charge in [0.25, 0.3) is 0 Å². The lowest BCUT2D eigenvalue weighted by atomic mass is 10.1. The number of nitrogens with zero attached hydrogens (tertiary/aromatic N) is 2. The maximum atomic E-state index is 6.50. The molecule has 1 heterocycles. The molecule has 0 radical (unpaired) electrons. The molecule has 1 atom stereocenters. The minimum atomic E-state index is -0.544. The Hall–Kier alpha value is -3.22. The Morgan fingerprint density at radius 3 is 2.26 bits per heavy atom. The van der Waals surface area contributed by atoms with Crippen LogP contribution in [0.5, 0.6) is 11.5 Å². The molecule has 4 aromatic rings. The first-order valence-electron chi connectivity index (χ1n) is 9.42. The number of benzene rings is 3. The smallest absolute Gasteiger partial charge is 0.247 e. The number of halogens is 2. The van der Waals surface area contributed by atoms with Gasteiger partial charge in [-0.15, -0.1) is 10.2 Å². The molecule has 1 N–H and O–H groups in total. The maximum Gasteiger partial charge on any atom is 0.247 e. The third-order valence-electron chi connectivity index (χ3n) is 4.70. The topological polar surface area (TPSA) is 69.4 Å². The van der Waals surface area contributed by atoms with Crippen LogP contribution in [0, 0.1) is 0 Å². The van der Waals surface area contributed by atoms with Crippen LogP contribution >= 0.6 is 23.2 Å². The van der Waals surface area contributed by atoms with Crippen molar-refractivity contribution in [1.29, 1.82) is 0 Å². The predicted octanol–water partition coefficient (Wildman–Crippen LogP) is 6.26. The summed E-state index contributed by atoms with van der Waals surface area (Å²) in [5.41, 5.74) is 2.21. The Kier molecular flexibility index (Phi) is 6.30. The van der Waals surface area contributed by atoms with Crippen LogP contribution in [0.4, 0.5) is 5.69 Å². The number of rotatable bonds is 7. The number of anilines is 1. The van der Waals surface area contributed by atoms with E-state index in [2.05, 4.69) is 15.5 Å². The monoisotopic (exact) mass is 455 g/mol. The molecule has 0 saturated heterocycles. The average molecular weight is 456 g/mol. The first-order valence-corrected chi connectivity index (χ1v) is 10.2. The van der Waals surface area contributed by atoms with Crippen LogP contribution in [-0.4, -0.2) is 24.4 Å². The van der Waals surface area contributed by atoms with Gasteiger partial charge in [0.05, 0.1) is 24.9 Å². The summed E-state index contributed by atoms with van der Waals surface area (Å²) in [5.74, 6) is 1.80. The zero-order chi connectivity index (χ0) is 21.8. The molecule has 0 amide bonds. The molecule has 0 aliphatic rings. The summed E-state index contributed by atoms with van der Waals surface area (Å²) in [6, 6.07) is 19.9. The van der Waals surface area contributed by atoms with Gasteiger partial charge in [-0.25, -0.2) is 0 Å². The SMILES string of the molecule is COc1cc(OC)c(N[C@@H](c2nnc(-c3ccccc3)o2)c2ccccc2Cl)cc1Cl. The molecular weight excluding hydrogens is 437 g/mol. The number of aromatic nitrogens is 2. The Balaban J connectivity index is 1.78. The largest absolute Gasteiger partial charge is 0.495 e. The van der Waals surface area contributed by atoms with Gasteiger partial charge in [-0.3, -0.25) is 0 Å². The summed E-state index contributed by atoms with van der Waals surface area (Å²) in [6.07, 6.45) is 0. The average Bonchev–Trinajstić information content (AvgIpc) is 3.29. The first kappa shape index (κ1) is 21.0. The minimum absolute atomic E-state index is 0.348. The second kappa shape index (κ2) is 9.29. The first-order chi connectivity index (χ1) is 15.1. The normalized spacial score (nSPS) is 11.7. The Morgan fingerprint density at radius 2 is 1.55 bits per heavy atom. The van der Waals surface area contributed by atoms with E-state index >= 15 is 0 Å². The molecule has 0 fully saturated rings. The molecule has 1 aromatic heterocycles. The molecular formula is C23H19Cl2N3O3. The van der Waals surface area contributed by atoms with E-state index in [4.69, 9.17) is 37.1 Å². The molecule has 0 saturated carbocycles. The minimum Gasteiger partial charge on any atom is -0.495 e. The van der Waals surface area contributed by atoms with E-state index in [0.29, 0.717) is 39.0 Å². The van der Waals surface area contributed by atoms with E-state index < -0.39 is 6.04 Å². The van der Waals surface area contributed by atoms with Crippen molar-refractivity contribution in [1.82, 2.24) is 10.2 Å². The molecule has 158 valence electrons. The Labute approximate surface area is 189 Å². The predicted molar refractivity (Wildman–Crippen MR) is 121 cm³/mol. The molecule has 6 nitrogen and oxygen atoms in total. The van der Waals surface area contributed by atoms with E-state index in [1.165, 1.54) is 0 Å². The van der Waals surface area contributed by atoms with E-state index in [0.717, 1.165) is 11.1 Å². The van der Waals surface area contributed by atoms with Crippen molar-refractivity contribution >= 4 is 28.9 Å². The summed E-state index contributed by atoms with van der Waals surface area (Å²) in [7, 11) is 3.11. The molecule has 0 unspecified atom stereocenters. The summed E-state index contributed by atoms with van der Waals surface area (Å²) in [5, 5.41) is 12.9. The van der Waals surface area contributed by atoms with Crippen molar-refractivity contribution in [2.75, 3.05) is 19.5 Å². The molecule has 3 aromatic carbocycles. The molecule has 0 aliphatic carbocycles. The second-order valence-corrected chi connectivity index (χ2v) is 7.41. The van der Waals surface area contributed by atoms with E-state index in [1.54, 1.807) is 32.4 Å². The highest BCUT2D eigenvalue weighted by atomic mass is 35.5. The zero-order valence-corrected chi connectivity index (χ0v) is 18.3. The summed E-state index contributed by atoms with van der Waals surface area (Å²) in [4.78, 5) is 0. The van der Waals surface area contributed by atoms with Gasteiger partial charge in [0.1, 0.15) is 17.5 Å². The zero-order valence-electron chi connectivity index (χ0n) is 16.8. The highest BCUT2D eigenvalue weighted by Gasteiger charge is 2.25. The molecule has 31 heavy (non-hydrogen) atoms. The number of methoxy groups -OCH3 is 2. The van der Waals surface area contributed by atoms with Crippen molar-refractivity contribution in [3.8, 4) is 23.0 Å². The van der Waals surface area contributed by atoms with Crippen molar-refractivity contribution in [3.05, 3.63) is 88.2 Å². The molecule has 8 heteroatoms. The van der Waals surface area contributed by atoms with Gasteiger partial charge in [-0.05, 0) is 24.3 Å². The second-order valence-electron chi connectivity index (χ2n) is 6.60. The summed E-state index contributed by atoms with van der Waals surface area (Å²) in [6.45, 7) is 0. The van der Waals surface area contributed by atoms with Crippen LogP contribution in [0.25, 0.3) is 11.5 Å². The quantitative estimate of drug-likeness (QED) is 0.354. The lowest BCUT2D eigenvalue weighted by molar-refractivity contribution is 0.395. The van der Waals surface area contributed by atoms with Crippen LogP contribution in [0.2, 0.25) is 10.0 Å². The van der Waals surface area contributed by atoms with Crippen LogP contribution in [0.1, 0.15) is 17.5 Å². The van der Waals surface area contributed by atoms with Crippen molar-refractivity contribution in [3.63, 3.8) is 0 Å². The fourth-order valence-electron chi connectivity index (χ4n) is 3.16. The number of hydrogen-bond donors (Lipinski definition) is 1. The van der Waals surface area contributed by atoms with Gasteiger partial charge >= 0.3 is 0 Å². The Morgan fingerprint density at radius 1 is 0.839 bits per heavy atom. The van der Waals surface area contributed by atoms with Crippen molar-refractivity contribution in [2.24, 2.45) is 0 Å². The van der Waals surface area contributed by atoms with Crippen LogP contribution in [-0.2, 0) is 0 Å². The van der Waals surface area contributed by atoms with Gasteiger partial charge in [0.15, 0.2) is 0 Å². The van der Waals surface area contributed by atoms with Gasteiger partial charge in [-0.2, -0.15) is 0 Å². The number of hydrogen-bond acceptors (Lipinski definition) is 6. The highest BCUT2D eigenvalue weighted by Crippen LogP contribution is 2.39. The highest BCUT2D eigenvalue weighted by molar-refractivity contribution is 6.32. The van der Waals surface area contributed by atoms with Crippen LogP contribution < -0.4 is 14.8 Å². The van der Waals surface area contributed by atoms with Crippen LogP contribution in [0.3, 0.4) is 0 Å². The van der Waals surface area contributed by atoms with E-state index in [1.807, 2.05) is 48.5 Å². The fraction of sp³-hybridized carbons (Fsp3) is 0.130. The van der Waals surface area contributed by atoms with Crippen molar-refractivity contribution < 1.29 is 13.9 Å². The number of ether oxygens (including phenoxy) is 2. The summed E-state index contributed by atoms with van der Waals surface area (Å²) >= 11 is 12.9. The lowest BCUT2D eigenvalue weighted by Gasteiger charge is -2.20. The standard InChI is InChI=1S/C23H19Cl2N3O3/c1-29-19-13-20(30-2)18(12-17(19)25)26-21(15-10-6-7-11-16(15)24)23-28-27-22(31-23)14-8-4-3-5-9-14/h3-13,21,26H,1-2H3/t21-/m1/s1. The fourth-order valence-corrected chi connectivity index (χ4v) is 3.64. The molecule has 0 spiro atoms. The van der Waals surface area contributed by atoms with Crippen LogP contribution in [0.15, 0.2) is 71.1 Å². The molecule has 0 bridgehead atoms. The van der Waals surface area contributed by atoms with Gasteiger partial charge in [0.2, 0.25) is 11.8 Å². The Bertz CT molecular complexity index is 1180. The van der Waals surface area contributed by atoms with Crippen molar-refractivity contribution in [2.45, 2.75) is 6.04 Å². The van der Waals surface area contributed by atoms with Gasteiger partial charge in [0, 0.05) is 22.2 Å². The summed E-state index contributed by atoms with van der Waals surface area (Å²) < 4.78 is 16.8. The lowest BCUT2D eigenvalue weighted by Crippen LogP contribution is -2.14. The van der Waals surface area contributed by atoms with E-state index in [9.17, 15) is 0 Å². The van der Waals surface area contributed by atoms with Gasteiger partial charge in [-0.1, -0.05) is 59.6 Å². The third kappa shape index (κ3) is 4.45. The van der Waals surface area contributed by atoms with E-state index in [-0.39, 0.29) is 0 Å².